The molecule has 0 heterocycles. The van der Waals surface area contributed by atoms with E-state index in [2.05, 4.69) is 0 Å². The van der Waals surface area contributed by atoms with Gasteiger partial charge in [0.1, 0.15) is 5.82 Å². The molecule has 0 atom stereocenters. The number of alkyl halides is 3. The summed E-state index contributed by atoms with van der Waals surface area (Å²) in [5.74, 6) is -2.71. The zero-order chi connectivity index (χ0) is 15.8. The van der Waals surface area contributed by atoms with Gasteiger partial charge in [0.25, 0.3) is 0 Å². The molecule has 0 aliphatic rings. The van der Waals surface area contributed by atoms with E-state index in [4.69, 9.17) is 0 Å². The van der Waals surface area contributed by atoms with Gasteiger partial charge < -0.3 is 0 Å². The van der Waals surface area contributed by atoms with E-state index in [9.17, 15) is 32.1 Å². The van der Waals surface area contributed by atoms with Crippen LogP contribution in [0.25, 0.3) is 11.1 Å². The van der Waals surface area contributed by atoms with Crippen molar-refractivity contribution < 1.29 is 26.9 Å². The number of rotatable bonds is 2. The Balaban J connectivity index is 2.69. The lowest BCUT2D eigenvalue weighted by atomic mass is 9.98. The molecule has 8 heteroatoms. The summed E-state index contributed by atoms with van der Waals surface area (Å²) in [6.07, 6.45) is -4.76. The molecule has 0 aliphatic carbocycles. The number of nitrogens with zero attached hydrogens (tertiary/aromatic N) is 1. The summed E-state index contributed by atoms with van der Waals surface area (Å²) in [6, 6.07) is 4.66. The number of nitro groups is 1. The van der Waals surface area contributed by atoms with Crippen molar-refractivity contribution in [2.24, 2.45) is 0 Å². The van der Waals surface area contributed by atoms with Gasteiger partial charge in [-0.2, -0.15) is 17.6 Å². The van der Waals surface area contributed by atoms with Gasteiger partial charge in [0.15, 0.2) is 0 Å². The van der Waals surface area contributed by atoms with Crippen LogP contribution in [0.2, 0.25) is 0 Å². The van der Waals surface area contributed by atoms with Crippen molar-refractivity contribution in [1.29, 1.82) is 0 Å². The van der Waals surface area contributed by atoms with Crippen LogP contribution in [0.3, 0.4) is 0 Å². The van der Waals surface area contributed by atoms with Crippen LogP contribution in [-0.2, 0) is 6.18 Å². The first kappa shape index (κ1) is 14.9. The van der Waals surface area contributed by atoms with E-state index in [-0.39, 0.29) is 6.07 Å². The van der Waals surface area contributed by atoms with Crippen molar-refractivity contribution in [2.75, 3.05) is 0 Å². The van der Waals surface area contributed by atoms with Crippen LogP contribution in [0.4, 0.5) is 27.6 Å². The maximum atomic E-state index is 13.8. The molecule has 21 heavy (non-hydrogen) atoms. The van der Waals surface area contributed by atoms with Crippen LogP contribution in [-0.4, -0.2) is 4.92 Å². The predicted molar refractivity (Wildman–Crippen MR) is 63.5 cm³/mol. The number of hydrogen-bond acceptors (Lipinski definition) is 2. The Morgan fingerprint density at radius 3 is 2.14 bits per heavy atom. The van der Waals surface area contributed by atoms with Crippen LogP contribution in [0.1, 0.15) is 5.56 Å². The van der Waals surface area contributed by atoms with Gasteiger partial charge in [-0.25, -0.2) is 4.39 Å². The Labute approximate surface area is 114 Å². The molecule has 2 rings (SSSR count). The summed E-state index contributed by atoms with van der Waals surface area (Å²) in [4.78, 5) is 9.31. The minimum Gasteiger partial charge on any atom is -0.258 e. The van der Waals surface area contributed by atoms with Crippen molar-refractivity contribution in [2.45, 2.75) is 6.18 Å². The molecule has 0 spiro atoms. The molecule has 0 bridgehead atoms. The Bertz CT molecular complexity index is 712. The van der Waals surface area contributed by atoms with Crippen LogP contribution in [0.15, 0.2) is 36.4 Å². The first-order valence-corrected chi connectivity index (χ1v) is 5.52. The first-order valence-electron chi connectivity index (χ1n) is 5.52. The van der Waals surface area contributed by atoms with Gasteiger partial charge >= 0.3 is 11.9 Å². The summed E-state index contributed by atoms with van der Waals surface area (Å²) in [7, 11) is 0. The Morgan fingerprint density at radius 1 is 0.952 bits per heavy atom. The second kappa shape index (κ2) is 5.12. The van der Waals surface area contributed by atoms with Gasteiger partial charge in [-0.15, -0.1) is 0 Å². The Kier molecular flexibility index (Phi) is 3.63. The highest BCUT2D eigenvalue weighted by Crippen LogP contribution is 2.38. The molecule has 2 aromatic rings. The van der Waals surface area contributed by atoms with Crippen molar-refractivity contribution in [3.63, 3.8) is 0 Å². The lowest BCUT2D eigenvalue weighted by Crippen LogP contribution is -2.07. The summed E-state index contributed by atoms with van der Waals surface area (Å²) in [5, 5.41) is 10.5. The molecular formula is C13H6F5NO2. The minimum absolute atomic E-state index is 0.262. The van der Waals surface area contributed by atoms with E-state index < -0.39 is 45.1 Å². The van der Waals surface area contributed by atoms with Crippen molar-refractivity contribution in [3.05, 3.63) is 63.7 Å². The highest BCUT2D eigenvalue weighted by Gasteiger charge is 2.34. The van der Waals surface area contributed by atoms with Crippen molar-refractivity contribution in [3.8, 4) is 11.1 Å². The van der Waals surface area contributed by atoms with Gasteiger partial charge in [-0.3, -0.25) is 10.1 Å². The maximum absolute atomic E-state index is 13.8. The molecule has 0 fully saturated rings. The largest absolute Gasteiger partial charge is 0.417 e. The third-order valence-electron chi connectivity index (χ3n) is 2.76. The van der Waals surface area contributed by atoms with E-state index in [1.807, 2.05) is 0 Å². The van der Waals surface area contributed by atoms with Crippen molar-refractivity contribution >= 4 is 5.69 Å². The highest BCUT2D eigenvalue weighted by molar-refractivity contribution is 5.70. The van der Waals surface area contributed by atoms with Gasteiger partial charge in [0, 0.05) is 5.56 Å². The van der Waals surface area contributed by atoms with Crippen molar-refractivity contribution in [1.82, 2.24) is 0 Å². The zero-order valence-corrected chi connectivity index (χ0v) is 10.1. The van der Waals surface area contributed by atoms with Gasteiger partial charge in [0.05, 0.1) is 16.6 Å². The monoisotopic (exact) mass is 303 g/mol. The predicted octanol–water partition coefficient (Wildman–Crippen LogP) is 4.56. The molecule has 0 saturated carbocycles. The second-order valence-electron chi connectivity index (χ2n) is 4.08. The number of nitro benzene ring substituents is 1. The second-order valence-corrected chi connectivity index (χ2v) is 4.08. The molecule has 0 unspecified atom stereocenters. The third kappa shape index (κ3) is 2.83. The van der Waals surface area contributed by atoms with E-state index in [0.717, 1.165) is 12.1 Å². The van der Waals surface area contributed by atoms with Gasteiger partial charge in [-0.1, -0.05) is 18.2 Å². The standard InChI is InChI=1S/C13H6F5NO2/c14-10-6-12(19(20)21)11(15)5-8(10)7-3-1-2-4-9(7)13(16,17)18/h1-6H. The van der Waals surface area contributed by atoms with Crippen LogP contribution < -0.4 is 0 Å². The average molecular weight is 303 g/mol. The molecule has 110 valence electrons. The molecule has 0 saturated heterocycles. The molecule has 0 N–H and O–H groups in total. The molecule has 3 nitrogen and oxygen atoms in total. The van der Waals surface area contributed by atoms with Crippen LogP contribution in [0, 0.1) is 21.7 Å². The summed E-state index contributed by atoms with van der Waals surface area (Å²) < 4.78 is 65.9. The summed E-state index contributed by atoms with van der Waals surface area (Å²) in [6.45, 7) is 0. The Morgan fingerprint density at radius 2 is 1.57 bits per heavy atom. The lowest BCUT2D eigenvalue weighted by Gasteiger charge is -2.13. The fourth-order valence-electron chi connectivity index (χ4n) is 1.85. The van der Waals surface area contributed by atoms with E-state index in [1.54, 1.807) is 0 Å². The zero-order valence-electron chi connectivity index (χ0n) is 10.1. The third-order valence-corrected chi connectivity index (χ3v) is 2.76. The first-order chi connectivity index (χ1) is 9.71. The minimum atomic E-state index is -4.76. The number of hydrogen-bond donors (Lipinski definition) is 0. The molecule has 0 amide bonds. The SMILES string of the molecule is O=[N+]([O-])c1cc(F)c(-c2ccccc2C(F)(F)F)cc1F. The average Bonchev–Trinajstić information content (AvgIpc) is 2.39. The smallest absolute Gasteiger partial charge is 0.258 e. The highest BCUT2D eigenvalue weighted by atomic mass is 19.4. The molecule has 0 radical (unpaired) electrons. The van der Waals surface area contributed by atoms with E-state index in [0.29, 0.717) is 12.1 Å². The van der Waals surface area contributed by atoms with Crippen LogP contribution >= 0.6 is 0 Å². The topological polar surface area (TPSA) is 43.1 Å². The maximum Gasteiger partial charge on any atom is 0.417 e. The Hall–Kier alpha value is -2.51. The fourth-order valence-corrected chi connectivity index (χ4v) is 1.85. The summed E-state index contributed by atoms with van der Waals surface area (Å²) >= 11 is 0. The van der Waals surface area contributed by atoms with Gasteiger partial charge in [-0.05, 0) is 17.7 Å². The quantitative estimate of drug-likeness (QED) is 0.464. The van der Waals surface area contributed by atoms with E-state index in [1.165, 1.54) is 6.07 Å². The lowest BCUT2D eigenvalue weighted by molar-refractivity contribution is -0.387. The van der Waals surface area contributed by atoms with E-state index >= 15 is 0 Å². The number of halogens is 5. The normalized spacial score (nSPS) is 11.5. The number of benzene rings is 2. The van der Waals surface area contributed by atoms with Gasteiger partial charge in [0.2, 0.25) is 5.82 Å². The fraction of sp³-hybridized carbons (Fsp3) is 0.0769. The summed E-state index contributed by atoms with van der Waals surface area (Å²) in [5.41, 5.74) is -3.57. The molecule has 0 aromatic heterocycles. The van der Waals surface area contributed by atoms with Crippen LogP contribution in [0.5, 0.6) is 0 Å². The molecule has 2 aromatic carbocycles. The molecular weight excluding hydrogens is 297 g/mol. The molecule has 0 aliphatic heterocycles.